The fourth-order valence-electron chi connectivity index (χ4n) is 1.56. The maximum Gasteiger partial charge on any atom is 0.279 e. The van der Waals surface area contributed by atoms with Gasteiger partial charge in [0.25, 0.3) is 10.0 Å². The minimum Gasteiger partial charge on any atom is -0.332 e. The summed E-state index contributed by atoms with van der Waals surface area (Å²) in [5, 5.41) is 4.13. The number of aromatic amines is 1. The molecule has 2 aromatic heterocycles. The van der Waals surface area contributed by atoms with Crippen molar-refractivity contribution in [3.8, 4) is 0 Å². The Morgan fingerprint density at radius 1 is 1.50 bits per heavy atom. The topological polar surface area (TPSA) is 92.7 Å². The third-order valence-electron chi connectivity index (χ3n) is 2.49. The molecule has 0 fully saturated rings. The second kappa shape index (κ2) is 4.45. The first-order valence-corrected chi connectivity index (χ1v) is 6.97. The predicted molar refractivity (Wildman–Crippen MR) is 66.7 cm³/mol. The normalized spacial score (nSPS) is 11.7. The molecule has 0 amide bonds. The number of imidazole rings is 1. The van der Waals surface area contributed by atoms with Crippen LogP contribution in [0.1, 0.15) is 18.4 Å². The van der Waals surface area contributed by atoms with E-state index in [9.17, 15) is 8.42 Å². The van der Waals surface area contributed by atoms with E-state index in [1.54, 1.807) is 24.9 Å². The van der Waals surface area contributed by atoms with Gasteiger partial charge >= 0.3 is 0 Å². The lowest BCUT2D eigenvalue weighted by atomic mass is 10.4. The van der Waals surface area contributed by atoms with Crippen molar-refractivity contribution in [2.24, 2.45) is 7.05 Å². The first-order valence-electron chi connectivity index (χ1n) is 5.49. The molecule has 18 heavy (non-hydrogen) atoms. The Kier molecular flexibility index (Phi) is 3.12. The van der Waals surface area contributed by atoms with Gasteiger partial charge in [-0.15, -0.1) is 0 Å². The van der Waals surface area contributed by atoms with Gasteiger partial charge in [-0.05, 0) is 6.92 Å². The van der Waals surface area contributed by atoms with Gasteiger partial charge in [-0.2, -0.15) is 13.5 Å². The van der Waals surface area contributed by atoms with E-state index < -0.39 is 10.0 Å². The average molecular weight is 269 g/mol. The van der Waals surface area contributed by atoms with Crippen molar-refractivity contribution >= 4 is 15.7 Å². The molecule has 7 nitrogen and oxygen atoms in total. The van der Waals surface area contributed by atoms with Gasteiger partial charge < -0.3 is 4.98 Å². The Bertz CT molecular complexity index is 656. The number of H-pyrrole nitrogens is 1. The molecule has 0 aliphatic carbocycles. The molecule has 98 valence electrons. The number of sulfonamides is 1. The van der Waals surface area contributed by atoms with Crippen molar-refractivity contribution in [2.45, 2.75) is 25.3 Å². The van der Waals surface area contributed by atoms with Gasteiger partial charge in [-0.25, -0.2) is 4.98 Å². The average Bonchev–Trinajstić information content (AvgIpc) is 2.86. The van der Waals surface area contributed by atoms with Crippen molar-refractivity contribution in [3.63, 3.8) is 0 Å². The van der Waals surface area contributed by atoms with E-state index in [0.29, 0.717) is 23.6 Å². The van der Waals surface area contributed by atoms with Crippen molar-refractivity contribution in [1.82, 2.24) is 19.7 Å². The fourth-order valence-corrected chi connectivity index (χ4v) is 2.60. The highest BCUT2D eigenvalue weighted by Gasteiger charge is 2.19. The third kappa shape index (κ3) is 2.37. The van der Waals surface area contributed by atoms with Crippen LogP contribution < -0.4 is 4.72 Å². The lowest BCUT2D eigenvalue weighted by Gasteiger charge is -2.03. The second-order valence-electron chi connectivity index (χ2n) is 3.96. The Morgan fingerprint density at radius 3 is 2.72 bits per heavy atom. The molecular formula is C10H15N5O2S. The first kappa shape index (κ1) is 12.6. The van der Waals surface area contributed by atoms with Crippen molar-refractivity contribution < 1.29 is 8.42 Å². The number of rotatable bonds is 4. The summed E-state index contributed by atoms with van der Waals surface area (Å²) in [5.74, 6) is 0.637. The number of aryl methyl sites for hydroxylation is 3. The van der Waals surface area contributed by atoms with Crippen LogP contribution in [-0.4, -0.2) is 28.2 Å². The Morgan fingerprint density at radius 2 is 2.22 bits per heavy atom. The minimum absolute atomic E-state index is 0.0580. The molecule has 0 aromatic carbocycles. The summed E-state index contributed by atoms with van der Waals surface area (Å²) in [6, 6.07) is 0. The van der Waals surface area contributed by atoms with Crippen LogP contribution in [0.5, 0.6) is 0 Å². The van der Waals surface area contributed by atoms with Gasteiger partial charge in [0.1, 0.15) is 5.82 Å². The molecule has 2 aromatic rings. The Hall–Kier alpha value is -1.83. The zero-order valence-electron chi connectivity index (χ0n) is 10.4. The van der Waals surface area contributed by atoms with Crippen molar-refractivity contribution in [2.75, 3.05) is 4.72 Å². The number of hydrogen-bond acceptors (Lipinski definition) is 4. The van der Waals surface area contributed by atoms with Crippen LogP contribution in [0.3, 0.4) is 0 Å². The summed E-state index contributed by atoms with van der Waals surface area (Å²) in [6.45, 7) is 3.64. The lowest BCUT2D eigenvalue weighted by molar-refractivity contribution is 0.598. The molecule has 0 aliphatic heterocycles. The van der Waals surface area contributed by atoms with Crippen LogP contribution in [0.4, 0.5) is 5.69 Å². The molecule has 8 heteroatoms. The molecule has 0 unspecified atom stereocenters. The zero-order valence-corrected chi connectivity index (χ0v) is 11.2. The summed E-state index contributed by atoms with van der Waals surface area (Å²) in [7, 11) is -1.90. The van der Waals surface area contributed by atoms with Crippen molar-refractivity contribution in [1.29, 1.82) is 0 Å². The molecule has 0 saturated heterocycles. The number of anilines is 1. The standard InChI is InChI=1S/C10H15N5O2S/c1-4-9-11-5-10(12-9)18(16,17)14-8-6-15(3)13-7(8)2/h5-6,14H,4H2,1-3H3,(H,11,12). The van der Waals surface area contributed by atoms with Crippen molar-refractivity contribution in [3.05, 3.63) is 23.9 Å². The number of aromatic nitrogens is 4. The molecular weight excluding hydrogens is 254 g/mol. The van der Waals surface area contributed by atoms with Gasteiger partial charge in [0.2, 0.25) is 0 Å². The summed E-state index contributed by atoms with van der Waals surface area (Å²) < 4.78 is 28.2. The van der Waals surface area contributed by atoms with E-state index in [2.05, 4.69) is 19.8 Å². The summed E-state index contributed by atoms with van der Waals surface area (Å²) >= 11 is 0. The summed E-state index contributed by atoms with van der Waals surface area (Å²) in [6.07, 6.45) is 3.58. The van der Waals surface area contributed by atoms with Crippen LogP contribution in [0.2, 0.25) is 0 Å². The monoisotopic (exact) mass is 269 g/mol. The third-order valence-corrected chi connectivity index (χ3v) is 3.76. The number of hydrogen-bond donors (Lipinski definition) is 2. The molecule has 0 atom stereocenters. The van der Waals surface area contributed by atoms with E-state index in [1.807, 2.05) is 6.92 Å². The molecule has 0 aliphatic rings. The Balaban J connectivity index is 2.29. The van der Waals surface area contributed by atoms with Gasteiger partial charge in [-0.1, -0.05) is 6.92 Å². The van der Waals surface area contributed by atoms with Crippen LogP contribution in [0, 0.1) is 6.92 Å². The van der Waals surface area contributed by atoms with Gasteiger partial charge in [0.05, 0.1) is 17.6 Å². The number of nitrogens with zero attached hydrogens (tertiary/aromatic N) is 3. The molecule has 0 spiro atoms. The van der Waals surface area contributed by atoms with E-state index in [0.717, 1.165) is 0 Å². The number of nitrogens with one attached hydrogen (secondary N) is 2. The molecule has 2 N–H and O–H groups in total. The highest BCUT2D eigenvalue weighted by molar-refractivity contribution is 7.92. The molecule has 0 saturated carbocycles. The highest BCUT2D eigenvalue weighted by atomic mass is 32.2. The van der Waals surface area contributed by atoms with Gasteiger partial charge in [-0.3, -0.25) is 9.40 Å². The van der Waals surface area contributed by atoms with E-state index in [-0.39, 0.29) is 5.03 Å². The van der Waals surface area contributed by atoms with Crippen LogP contribution in [-0.2, 0) is 23.5 Å². The van der Waals surface area contributed by atoms with Gasteiger partial charge in [0, 0.05) is 19.7 Å². The highest BCUT2D eigenvalue weighted by Crippen LogP contribution is 2.17. The Labute approximate surface area is 105 Å². The quantitative estimate of drug-likeness (QED) is 0.859. The van der Waals surface area contributed by atoms with E-state index >= 15 is 0 Å². The van der Waals surface area contributed by atoms with Crippen LogP contribution >= 0.6 is 0 Å². The second-order valence-corrected chi connectivity index (χ2v) is 5.61. The lowest BCUT2D eigenvalue weighted by Crippen LogP contribution is -2.13. The SMILES string of the molecule is CCc1ncc(S(=O)(=O)Nc2cn(C)nc2C)[nH]1. The molecule has 0 radical (unpaired) electrons. The maximum absolute atomic E-state index is 12.1. The predicted octanol–water partition coefficient (Wildman–Crippen LogP) is 0.815. The maximum atomic E-state index is 12.1. The van der Waals surface area contributed by atoms with Crippen LogP contribution in [0.15, 0.2) is 17.4 Å². The summed E-state index contributed by atoms with van der Waals surface area (Å²) in [4.78, 5) is 6.74. The molecule has 2 heterocycles. The molecule has 0 bridgehead atoms. The minimum atomic E-state index is -3.63. The van der Waals surface area contributed by atoms with Gasteiger partial charge in [0.15, 0.2) is 5.03 Å². The van der Waals surface area contributed by atoms with Crippen LogP contribution in [0.25, 0.3) is 0 Å². The van der Waals surface area contributed by atoms with E-state index in [1.165, 1.54) is 6.20 Å². The fraction of sp³-hybridized carbons (Fsp3) is 0.400. The van der Waals surface area contributed by atoms with E-state index in [4.69, 9.17) is 0 Å². The molecule has 2 rings (SSSR count). The largest absolute Gasteiger partial charge is 0.332 e. The first-order chi connectivity index (χ1) is 8.42. The smallest absolute Gasteiger partial charge is 0.279 e. The zero-order chi connectivity index (χ0) is 13.3. The summed E-state index contributed by atoms with van der Waals surface area (Å²) in [5.41, 5.74) is 1.08.